The van der Waals surface area contributed by atoms with Crippen LogP contribution in [0.4, 0.5) is 10.1 Å². The van der Waals surface area contributed by atoms with Gasteiger partial charge in [-0.1, -0.05) is 34.1 Å². The minimum atomic E-state index is -3.91. The molecule has 2 aromatic carbocycles. The number of hydrogen-bond donors (Lipinski definition) is 1. The highest BCUT2D eigenvalue weighted by Crippen LogP contribution is 2.21. The summed E-state index contributed by atoms with van der Waals surface area (Å²) >= 11 is 3.07. The van der Waals surface area contributed by atoms with Crippen molar-refractivity contribution >= 4 is 31.6 Å². The Morgan fingerprint density at radius 3 is 2.33 bits per heavy atom. The third-order valence-electron chi connectivity index (χ3n) is 2.21. The van der Waals surface area contributed by atoms with Crippen LogP contribution in [0.3, 0.4) is 0 Å². The van der Waals surface area contributed by atoms with Gasteiger partial charge in [-0.05, 0) is 30.3 Å². The van der Waals surface area contributed by atoms with E-state index >= 15 is 0 Å². The maximum Gasteiger partial charge on any atom is 0.264 e. The molecule has 0 fully saturated rings. The standard InChI is InChI=1S/C12H9BrFNO2S/c13-9-6-7-12(11(14)8-9)18(16,17)15-10-4-2-1-3-5-10/h1-8,15H. The van der Waals surface area contributed by atoms with Crippen LogP contribution < -0.4 is 4.72 Å². The van der Waals surface area contributed by atoms with Crippen molar-refractivity contribution in [3.05, 3.63) is 58.8 Å². The molecule has 0 aliphatic carbocycles. The molecule has 18 heavy (non-hydrogen) atoms. The molecule has 0 aromatic heterocycles. The van der Waals surface area contributed by atoms with Gasteiger partial charge < -0.3 is 0 Å². The second kappa shape index (κ2) is 5.07. The van der Waals surface area contributed by atoms with Gasteiger partial charge in [-0.2, -0.15) is 0 Å². The van der Waals surface area contributed by atoms with Gasteiger partial charge in [0.25, 0.3) is 10.0 Å². The Morgan fingerprint density at radius 2 is 1.72 bits per heavy atom. The first kappa shape index (κ1) is 13.0. The highest BCUT2D eigenvalue weighted by molar-refractivity contribution is 9.10. The lowest BCUT2D eigenvalue weighted by atomic mass is 10.3. The van der Waals surface area contributed by atoms with Crippen molar-refractivity contribution in [2.24, 2.45) is 0 Å². The Bertz CT molecular complexity index is 659. The van der Waals surface area contributed by atoms with Gasteiger partial charge in [-0.3, -0.25) is 4.72 Å². The molecule has 0 saturated heterocycles. The number of para-hydroxylation sites is 1. The highest BCUT2D eigenvalue weighted by Gasteiger charge is 2.18. The van der Waals surface area contributed by atoms with E-state index in [2.05, 4.69) is 20.7 Å². The fourth-order valence-electron chi connectivity index (χ4n) is 1.41. The van der Waals surface area contributed by atoms with Crippen molar-refractivity contribution < 1.29 is 12.8 Å². The molecule has 0 atom stereocenters. The van der Waals surface area contributed by atoms with Crippen LogP contribution in [0.25, 0.3) is 0 Å². The van der Waals surface area contributed by atoms with E-state index in [1.54, 1.807) is 30.3 Å². The summed E-state index contributed by atoms with van der Waals surface area (Å²) < 4.78 is 40.3. The molecule has 0 saturated carbocycles. The largest absolute Gasteiger partial charge is 0.280 e. The molecule has 0 heterocycles. The third-order valence-corrected chi connectivity index (χ3v) is 4.12. The van der Waals surface area contributed by atoms with Gasteiger partial charge in [0.2, 0.25) is 0 Å². The summed E-state index contributed by atoms with van der Waals surface area (Å²) in [6.45, 7) is 0. The smallest absolute Gasteiger partial charge is 0.264 e. The Hall–Kier alpha value is -1.40. The number of sulfonamides is 1. The number of halogens is 2. The van der Waals surface area contributed by atoms with Gasteiger partial charge in [0.1, 0.15) is 10.7 Å². The van der Waals surface area contributed by atoms with Crippen LogP contribution in [-0.2, 0) is 10.0 Å². The highest BCUT2D eigenvalue weighted by atomic mass is 79.9. The molecule has 0 spiro atoms. The minimum absolute atomic E-state index is 0.380. The Kier molecular flexibility index (Phi) is 3.68. The third kappa shape index (κ3) is 2.88. The molecule has 0 aliphatic rings. The lowest BCUT2D eigenvalue weighted by Crippen LogP contribution is -2.14. The maximum absolute atomic E-state index is 13.6. The van der Waals surface area contributed by atoms with E-state index in [4.69, 9.17) is 0 Å². The van der Waals surface area contributed by atoms with E-state index in [9.17, 15) is 12.8 Å². The minimum Gasteiger partial charge on any atom is -0.280 e. The first-order valence-corrected chi connectivity index (χ1v) is 7.29. The molecule has 0 amide bonds. The average Bonchev–Trinajstić information content (AvgIpc) is 2.29. The van der Waals surface area contributed by atoms with Gasteiger partial charge in [-0.25, -0.2) is 12.8 Å². The number of benzene rings is 2. The molecule has 94 valence electrons. The zero-order valence-electron chi connectivity index (χ0n) is 9.10. The van der Waals surface area contributed by atoms with E-state index in [0.29, 0.717) is 10.2 Å². The summed E-state index contributed by atoms with van der Waals surface area (Å²) in [7, 11) is -3.91. The normalized spacial score (nSPS) is 11.2. The predicted octanol–water partition coefficient (Wildman–Crippen LogP) is 3.39. The van der Waals surface area contributed by atoms with Gasteiger partial charge in [0.15, 0.2) is 0 Å². The van der Waals surface area contributed by atoms with Crippen molar-refractivity contribution in [2.75, 3.05) is 4.72 Å². The fraction of sp³-hybridized carbons (Fsp3) is 0. The number of rotatable bonds is 3. The van der Waals surface area contributed by atoms with Gasteiger partial charge in [-0.15, -0.1) is 0 Å². The zero-order chi connectivity index (χ0) is 13.2. The monoisotopic (exact) mass is 329 g/mol. The summed E-state index contributed by atoms with van der Waals surface area (Å²) in [5.41, 5.74) is 0.389. The predicted molar refractivity (Wildman–Crippen MR) is 71.4 cm³/mol. The van der Waals surface area contributed by atoms with Crippen LogP contribution in [0, 0.1) is 5.82 Å². The summed E-state index contributed by atoms with van der Waals surface area (Å²) in [6.07, 6.45) is 0. The van der Waals surface area contributed by atoms with Crippen molar-refractivity contribution in [3.8, 4) is 0 Å². The first-order chi connectivity index (χ1) is 8.49. The van der Waals surface area contributed by atoms with Gasteiger partial charge >= 0.3 is 0 Å². The van der Waals surface area contributed by atoms with Gasteiger partial charge in [0, 0.05) is 10.2 Å². The van der Waals surface area contributed by atoms with Crippen LogP contribution in [0.5, 0.6) is 0 Å². The Balaban J connectivity index is 2.37. The SMILES string of the molecule is O=S(=O)(Nc1ccccc1)c1ccc(Br)cc1F. The lowest BCUT2D eigenvalue weighted by molar-refractivity contribution is 0.570. The molecule has 0 bridgehead atoms. The molecule has 2 aromatic rings. The van der Waals surface area contributed by atoms with E-state index in [1.165, 1.54) is 12.1 Å². The summed E-state index contributed by atoms with van der Waals surface area (Å²) in [5.74, 6) is -0.798. The van der Waals surface area contributed by atoms with Crippen molar-refractivity contribution in [3.63, 3.8) is 0 Å². The first-order valence-electron chi connectivity index (χ1n) is 5.02. The molecule has 0 unspecified atom stereocenters. The quantitative estimate of drug-likeness (QED) is 0.938. The van der Waals surface area contributed by atoms with E-state index in [1.807, 2.05) is 0 Å². The van der Waals surface area contributed by atoms with E-state index < -0.39 is 15.8 Å². The molecule has 0 aliphatic heterocycles. The number of anilines is 1. The van der Waals surface area contributed by atoms with E-state index in [-0.39, 0.29) is 4.90 Å². The molecule has 3 nitrogen and oxygen atoms in total. The zero-order valence-corrected chi connectivity index (χ0v) is 11.5. The molecule has 0 radical (unpaired) electrons. The maximum atomic E-state index is 13.6. The molecular weight excluding hydrogens is 321 g/mol. The Morgan fingerprint density at radius 1 is 1.06 bits per heavy atom. The van der Waals surface area contributed by atoms with Crippen LogP contribution >= 0.6 is 15.9 Å². The van der Waals surface area contributed by atoms with Crippen LogP contribution in [0.15, 0.2) is 57.9 Å². The molecule has 6 heteroatoms. The van der Waals surface area contributed by atoms with Crippen molar-refractivity contribution in [1.29, 1.82) is 0 Å². The van der Waals surface area contributed by atoms with Crippen LogP contribution in [-0.4, -0.2) is 8.42 Å². The second-order valence-corrected chi connectivity index (χ2v) is 6.11. The number of nitrogens with one attached hydrogen (secondary N) is 1. The topological polar surface area (TPSA) is 46.2 Å². The molecule has 2 rings (SSSR count). The number of hydrogen-bond acceptors (Lipinski definition) is 2. The van der Waals surface area contributed by atoms with Crippen LogP contribution in [0.1, 0.15) is 0 Å². The van der Waals surface area contributed by atoms with Gasteiger partial charge in [0.05, 0.1) is 0 Å². The van der Waals surface area contributed by atoms with Crippen LogP contribution in [0.2, 0.25) is 0 Å². The summed E-state index contributed by atoms with van der Waals surface area (Å²) in [5, 5.41) is 0. The Labute approximate surface area is 113 Å². The van der Waals surface area contributed by atoms with E-state index in [0.717, 1.165) is 6.07 Å². The van der Waals surface area contributed by atoms with Crippen molar-refractivity contribution in [2.45, 2.75) is 4.90 Å². The summed E-state index contributed by atoms with van der Waals surface area (Å²) in [6, 6.07) is 12.1. The molecule has 1 N–H and O–H groups in total. The lowest BCUT2D eigenvalue weighted by Gasteiger charge is -2.08. The summed E-state index contributed by atoms with van der Waals surface area (Å²) in [4.78, 5) is -0.380. The van der Waals surface area contributed by atoms with Crippen molar-refractivity contribution in [1.82, 2.24) is 0 Å². The fourth-order valence-corrected chi connectivity index (χ4v) is 2.86. The second-order valence-electron chi connectivity index (χ2n) is 3.55. The average molecular weight is 330 g/mol. The molecular formula is C12H9BrFNO2S.